The molecule has 0 amide bonds. The molecule has 2 aromatic carbocycles. The Bertz CT molecular complexity index is 726. The molecule has 0 aromatic heterocycles. The summed E-state index contributed by atoms with van der Waals surface area (Å²) in [5.41, 5.74) is 0.449. The Morgan fingerprint density at radius 3 is 2.26 bits per heavy atom. The Morgan fingerprint density at radius 1 is 1.09 bits per heavy atom. The molecule has 1 N–H and O–H groups in total. The molecule has 23 heavy (non-hydrogen) atoms. The van der Waals surface area contributed by atoms with E-state index >= 15 is 0 Å². The molecule has 6 heteroatoms. The summed E-state index contributed by atoms with van der Waals surface area (Å²) in [6.45, 7) is 1.16. The second-order valence-corrected chi connectivity index (χ2v) is 5.15. The lowest BCUT2D eigenvalue weighted by atomic mass is 9.98. The van der Waals surface area contributed by atoms with E-state index in [1.807, 2.05) is 0 Å². The molecule has 1 unspecified atom stereocenters. The molecule has 0 heterocycles. The van der Waals surface area contributed by atoms with Crippen LogP contribution in [-0.2, 0) is 9.63 Å². The van der Waals surface area contributed by atoms with E-state index in [0.717, 1.165) is 6.92 Å². The first-order valence-electron chi connectivity index (χ1n) is 6.78. The predicted molar refractivity (Wildman–Crippen MR) is 86.4 cm³/mol. The van der Waals surface area contributed by atoms with E-state index in [0.29, 0.717) is 16.1 Å². The monoisotopic (exact) mass is 331 g/mol. The highest BCUT2D eigenvalue weighted by atomic mass is 35.5. The van der Waals surface area contributed by atoms with Gasteiger partial charge in [0.25, 0.3) is 0 Å². The second kappa shape index (κ2) is 7.67. The number of carbonyl (C=O) groups excluding carboxylic acids is 2. The topological polar surface area (TPSA) is 76.0 Å². The summed E-state index contributed by atoms with van der Waals surface area (Å²) < 4.78 is 0. The van der Waals surface area contributed by atoms with Gasteiger partial charge in [0.15, 0.2) is 5.71 Å². The first-order chi connectivity index (χ1) is 11.0. The number of ketones is 1. The van der Waals surface area contributed by atoms with Crippen molar-refractivity contribution in [3.05, 3.63) is 70.7 Å². The zero-order chi connectivity index (χ0) is 16.8. The molecular weight excluding hydrogens is 318 g/mol. The third kappa shape index (κ3) is 4.48. The van der Waals surface area contributed by atoms with Crippen LogP contribution in [0.5, 0.6) is 0 Å². The van der Waals surface area contributed by atoms with Crippen LogP contribution in [0, 0.1) is 0 Å². The van der Waals surface area contributed by atoms with Gasteiger partial charge in [0.05, 0.1) is 0 Å². The Morgan fingerprint density at radius 2 is 1.70 bits per heavy atom. The lowest BCUT2D eigenvalue weighted by Gasteiger charge is -2.13. The summed E-state index contributed by atoms with van der Waals surface area (Å²) >= 11 is 5.81. The van der Waals surface area contributed by atoms with Gasteiger partial charge in [0.2, 0.25) is 5.78 Å². The zero-order valence-electron chi connectivity index (χ0n) is 12.3. The van der Waals surface area contributed by atoms with Gasteiger partial charge in [-0.1, -0.05) is 59.2 Å². The number of Topliss-reactive ketones (excluding diaryl/α,β-unsaturated/α-hetero) is 1. The highest BCUT2D eigenvalue weighted by Crippen LogP contribution is 2.20. The molecule has 1 atom stereocenters. The average Bonchev–Trinajstić information content (AvgIpc) is 2.56. The normalized spacial score (nSPS) is 12.6. The Hall–Kier alpha value is -2.50. The van der Waals surface area contributed by atoms with Gasteiger partial charge in [0.1, 0.15) is 6.10 Å². The van der Waals surface area contributed by atoms with Crippen molar-refractivity contribution in [2.75, 3.05) is 0 Å². The van der Waals surface area contributed by atoms with Crippen molar-refractivity contribution in [3.8, 4) is 0 Å². The summed E-state index contributed by atoms with van der Waals surface area (Å²) in [6, 6.07) is 14.6. The molecule has 0 aliphatic heterocycles. The predicted octanol–water partition coefficient (Wildman–Crippen LogP) is 3.18. The fourth-order valence-electron chi connectivity index (χ4n) is 1.87. The van der Waals surface area contributed by atoms with Crippen LogP contribution in [0.15, 0.2) is 59.8 Å². The van der Waals surface area contributed by atoms with Crippen molar-refractivity contribution in [2.45, 2.75) is 13.0 Å². The lowest BCUT2D eigenvalue weighted by molar-refractivity contribution is -0.140. The molecule has 0 bridgehead atoms. The highest BCUT2D eigenvalue weighted by Gasteiger charge is 2.25. The molecule has 2 aromatic rings. The Kier molecular flexibility index (Phi) is 5.62. The van der Waals surface area contributed by atoms with Crippen molar-refractivity contribution in [3.63, 3.8) is 0 Å². The molecule has 0 aliphatic rings. The summed E-state index contributed by atoms with van der Waals surface area (Å²) in [7, 11) is 0. The van der Waals surface area contributed by atoms with Crippen molar-refractivity contribution in [1.82, 2.24) is 0 Å². The van der Waals surface area contributed by atoms with Gasteiger partial charge in [-0.3, -0.25) is 4.79 Å². The SMILES string of the molecule is CC(=O)ON=C(C(=O)c1ccccc1)C(O)c1ccc(Cl)cc1. The number of oxime groups is 1. The number of benzene rings is 2. The molecule has 2 rings (SSSR count). The molecule has 0 saturated carbocycles. The largest absolute Gasteiger partial charge is 0.382 e. The maximum atomic E-state index is 12.5. The molecule has 0 saturated heterocycles. The minimum Gasteiger partial charge on any atom is -0.382 e. The van der Waals surface area contributed by atoms with Crippen molar-refractivity contribution in [1.29, 1.82) is 0 Å². The number of carbonyl (C=O) groups is 2. The first-order valence-corrected chi connectivity index (χ1v) is 7.15. The van der Waals surface area contributed by atoms with Crippen LogP contribution < -0.4 is 0 Å². The maximum absolute atomic E-state index is 12.5. The van der Waals surface area contributed by atoms with E-state index in [9.17, 15) is 14.7 Å². The summed E-state index contributed by atoms with van der Waals surface area (Å²) in [6.07, 6.45) is -1.35. The number of hydrogen-bond donors (Lipinski definition) is 1. The van der Waals surface area contributed by atoms with Crippen LogP contribution in [0.2, 0.25) is 5.02 Å². The van der Waals surface area contributed by atoms with Gasteiger partial charge in [-0.2, -0.15) is 0 Å². The van der Waals surface area contributed by atoms with Gasteiger partial charge in [0, 0.05) is 17.5 Å². The van der Waals surface area contributed by atoms with E-state index < -0.39 is 17.9 Å². The van der Waals surface area contributed by atoms with Gasteiger partial charge in [-0.25, -0.2) is 4.79 Å². The summed E-state index contributed by atoms with van der Waals surface area (Å²) in [5.74, 6) is -1.22. The minimum atomic E-state index is -1.35. The van der Waals surface area contributed by atoms with E-state index in [1.165, 1.54) is 0 Å². The quantitative estimate of drug-likeness (QED) is 0.395. The minimum absolute atomic E-state index is 0.284. The third-order valence-corrected chi connectivity index (χ3v) is 3.24. The smallest absolute Gasteiger partial charge is 0.331 e. The van der Waals surface area contributed by atoms with Crippen molar-refractivity contribution < 1.29 is 19.5 Å². The summed E-state index contributed by atoms with van der Waals surface area (Å²) in [5, 5.41) is 14.5. The molecule has 0 fully saturated rings. The number of aliphatic hydroxyl groups excluding tert-OH is 1. The fourth-order valence-corrected chi connectivity index (χ4v) is 2.00. The third-order valence-electron chi connectivity index (χ3n) is 2.99. The first kappa shape index (κ1) is 16.9. The standard InChI is InChI=1S/C17H14ClNO4/c1-11(20)23-19-15(16(21)12-5-3-2-4-6-12)17(22)13-7-9-14(18)10-8-13/h2-10,17,22H,1H3. The van der Waals surface area contributed by atoms with E-state index in [4.69, 9.17) is 11.6 Å². The van der Waals surface area contributed by atoms with E-state index in [1.54, 1.807) is 54.6 Å². The van der Waals surface area contributed by atoms with E-state index in [2.05, 4.69) is 9.99 Å². The molecule has 118 valence electrons. The molecule has 5 nitrogen and oxygen atoms in total. The fraction of sp³-hybridized carbons (Fsp3) is 0.118. The van der Waals surface area contributed by atoms with Crippen LogP contribution in [0.1, 0.15) is 28.9 Å². The Labute approximate surface area is 138 Å². The van der Waals surface area contributed by atoms with Crippen LogP contribution in [0.25, 0.3) is 0 Å². The van der Waals surface area contributed by atoms with Crippen molar-refractivity contribution >= 4 is 29.1 Å². The van der Waals surface area contributed by atoms with Crippen LogP contribution in [-0.4, -0.2) is 22.6 Å². The van der Waals surface area contributed by atoms with Crippen LogP contribution in [0.4, 0.5) is 0 Å². The van der Waals surface area contributed by atoms with Gasteiger partial charge < -0.3 is 9.94 Å². The van der Waals surface area contributed by atoms with Crippen molar-refractivity contribution in [2.24, 2.45) is 5.16 Å². The molecule has 0 spiro atoms. The Balaban J connectivity index is 2.37. The van der Waals surface area contributed by atoms with Gasteiger partial charge in [-0.05, 0) is 17.7 Å². The molecule has 0 radical (unpaired) electrons. The average molecular weight is 332 g/mol. The summed E-state index contributed by atoms with van der Waals surface area (Å²) in [4.78, 5) is 28.1. The molecule has 0 aliphatic carbocycles. The second-order valence-electron chi connectivity index (χ2n) is 4.71. The maximum Gasteiger partial charge on any atom is 0.331 e. The van der Waals surface area contributed by atoms with Gasteiger partial charge >= 0.3 is 5.97 Å². The van der Waals surface area contributed by atoms with Gasteiger partial charge in [-0.15, -0.1) is 0 Å². The number of nitrogens with zero attached hydrogens (tertiary/aromatic N) is 1. The number of halogens is 1. The number of rotatable bonds is 5. The lowest BCUT2D eigenvalue weighted by Crippen LogP contribution is -2.23. The zero-order valence-corrected chi connectivity index (χ0v) is 13.0. The number of aliphatic hydroxyl groups is 1. The van der Waals surface area contributed by atoms with E-state index in [-0.39, 0.29) is 5.71 Å². The number of hydrogen-bond acceptors (Lipinski definition) is 5. The highest BCUT2D eigenvalue weighted by molar-refractivity contribution is 6.47. The molecular formula is C17H14ClNO4. The van der Waals surface area contributed by atoms with Crippen LogP contribution in [0.3, 0.4) is 0 Å². The van der Waals surface area contributed by atoms with Crippen LogP contribution >= 0.6 is 11.6 Å².